The van der Waals surface area contributed by atoms with Gasteiger partial charge in [0.25, 0.3) is 5.91 Å². The summed E-state index contributed by atoms with van der Waals surface area (Å²) in [6, 6.07) is 5.27. The maximum Gasteiger partial charge on any atom is 0.337 e. The summed E-state index contributed by atoms with van der Waals surface area (Å²) in [5, 5.41) is 2.58. The third-order valence-corrected chi connectivity index (χ3v) is 3.03. The molecule has 1 amide bonds. The summed E-state index contributed by atoms with van der Waals surface area (Å²) in [4.78, 5) is 35.3. The van der Waals surface area contributed by atoms with E-state index in [0.717, 1.165) is 0 Å². The highest BCUT2D eigenvalue weighted by molar-refractivity contribution is 5.99. The Hall–Kier alpha value is -2.41. The first-order valence-corrected chi connectivity index (χ1v) is 6.80. The van der Waals surface area contributed by atoms with Crippen LogP contribution in [-0.4, -0.2) is 44.7 Å². The minimum atomic E-state index is -0.775. The number of carbonyl (C=O) groups excluding carboxylic acids is 3. The van der Waals surface area contributed by atoms with E-state index >= 15 is 0 Å². The second-order valence-electron chi connectivity index (χ2n) is 4.55. The zero-order chi connectivity index (χ0) is 16.5. The molecule has 1 aromatic rings. The topological polar surface area (TPSA) is 108 Å². The van der Waals surface area contributed by atoms with Crippen molar-refractivity contribution in [3.05, 3.63) is 35.4 Å². The molecule has 0 saturated heterocycles. The molecule has 1 aromatic carbocycles. The van der Waals surface area contributed by atoms with Crippen molar-refractivity contribution in [2.24, 2.45) is 5.73 Å². The first-order valence-electron chi connectivity index (χ1n) is 6.80. The van der Waals surface area contributed by atoms with Crippen LogP contribution in [0, 0.1) is 0 Å². The molecule has 0 aromatic heterocycles. The van der Waals surface area contributed by atoms with Crippen LogP contribution in [0.15, 0.2) is 24.3 Å². The van der Waals surface area contributed by atoms with E-state index in [9.17, 15) is 14.4 Å². The first-order chi connectivity index (χ1) is 10.5. The molecule has 1 rings (SSSR count). The lowest BCUT2D eigenvalue weighted by Gasteiger charge is -2.16. The van der Waals surface area contributed by atoms with Gasteiger partial charge in [-0.1, -0.05) is 6.07 Å². The molecule has 0 unspecified atom stereocenters. The van der Waals surface area contributed by atoms with Crippen LogP contribution in [0.4, 0.5) is 0 Å². The predicted molar refractivity (Wildman–Crippen MR) is 79.3 cm³/mol. The van der Waals surface area contributed by atoms with Crippen LogP contribution in [0.3, 0.4) is 0 Å². The fraction of sp³-hybridized carbons (Fsp3) is 0.400. The van der Waals surface area contributed by atoms with Crippen molar-refractivity contribution in [2.75, 3.05) is 20.8 Å². The highest BCUT2D eigenvalue weighted by atomic mass is 16.5. The molecule has 7 heteroatoms. The SMILES string of the molecule is COC(=O)c1cccc(C(=O)N[C@@H](CCCN)C(=O)OC)c1. The van der Waals surface area contributed by atoms with Gasteiger partial charge in [-0.3, -0.25) is 4.79 Å². The van der Waals surface area contributed by atoms with Gasteiger partial charge in [-0.25, -0.2) is 9.59 Å². The molecule has 0 radical (unpaired) electrons. The second-order valence-corrected chi connectivity index (χ2v) is 4.55. The lowest BCUT2D eigenvalue weighted by Crippen LogP contribution is -2.41. The monoisotopic (exact) mass is 308 g/mol. The summed E-state index contributed by atoms with van der Waals surface area (Å²) in [5.74, 6) is -1.55. The Morgan fingerprint density at radius 3 is 2.45 bits per heavy atom. The molecule has 0 saturated carbocycles. The molecule has 0 spiro atoms. The van der Waals surface area contributed by atoms with Gasteiger partial charge in [-0.2, -0.15) is 0 Å². The van der Waals surface area contributed by atoms with Gasteiger partial charge < -0.3 is 20.5 Å². The van der Waals surface area contributed by atoms with Crippen LogP contribution in [0.25, 0.3) is 0 Å². The van der Waals surface area contributed by atoms with Crippen molar-refractivity contribution < 1.29 is 23.9 Å². The van der Waals surface area contributed by atoms with E-state index < -0.39 is 23.9 Å². The van der Waals surface area contributed by atoms with Gasteiger partial charge in [-0.05, 0) is 37.6 Å². The van der Waals surface area contributed by atoms with Gasteiger partial charge in [0, 0.05) is 5.56 Å². The van der Waals surface area contributed by atoms with Crippen LogP contribution < -0.4 is 11.1 Å². The van der Waals surface area contributed by atoms with Crippen LogP contribution in [0.5, 0.6) is 0 Å². The van der Waals surface area contributed by atoms with Crippen molar-refractivity contribution in [1.82, 2.24) is 5.32 Å². The minimum absolute atomic E-state index is 0.254. The lowest BCUT2D eigenvalue weighted by molar-refractivity contribution is -0.143. The molecule has 22 heavy (non-hydrogen) atoms. The Bertz CT molecular complexity index is 544. The van der Waals surface area contributed by atoms with Crippen LogP contribution in [-0.2, 0) is 14.3 Å². The van der Waals surface area contributed by atoms with E-state index in [4.69, 9.17) is 5.73 Å². The predicted octanol–water partition coefficient (Wildman–Crippen LogP) is 0.484. The van der Waals surface area contributed by atoms with E-state index in [0.29, 0.717) is 19.4 Å². The molecule has 0 fully saturated rings. The third-order valence-electron chi connectivity index (χ3n) is 3.03. The Labute approximate surface area is 128 Å². The van der Waals surface area contributed by atoms with Crippen LogP contribution in [0.2, 0.25) is 0 Å². The van der Waals surface area contributed by atoms with E-state index in [1.165, 1.54) is 26.4 Å². The van der Waals surface area contributed by atoms with Crippen molar-refractivity contribution >= 4 is 17.8 Å². The van der Waals surface area contributed by atoms with E-state index in [1.807, 2.05) is 0 Å². The molecule has 0 aliphatic carbocycles. The summed E-state index contributed by atoms with van der Waals surface area (Å²) >= 11 is 0. The average Bonchev–Trinajstić information content (AvgIpc) is 2.56. The van der Waals surface area contributed by atoms with Crippen molar-refractivity contribution in [1.29, 1.82) is 0 Å². The Balaban J connectivity index is 2.85. The fourth-order valence-electron chi connectivity index (χ4n) is 1.86. The molecular weight excluding hydrogens is 288 g/mol. The molecule has 0 heterocycles. The quantitative estimate of drug-likeness (QED) is 0.710. The lowest BCUT2D eigenvalue weighted by atomic mass is 10.1. The smallest absolute Gasteiger partial charge is 0.337 e. The van der Waals surface area contributed by atoms with Crippen molar-refractivity contribution in [3.8, 4) is 0 Å². The number of benzene rings is 1. The highest BCUT2D eigenvalue weighted by Gasteiger charge is 2.22. The van der Waals surface area contributed by atoms with Crippen molar-refractivity contribution in [2.45, 2.75) is 18.9 Å². The molecule has 0 aliphatic heterocycles. The standard InChI is InChI=1S/C15H20N2O5/c1-21-14(19)11-6-3-5-10(9-11)13(18)17-12(7-4-8-16)15(20)22-2/h3,5-6,9,12H,4,7-8,16H2,1-2H3,(H,17,18)/t12-/m0/s1. The van der Waals surface area contributed by atoms with Gasteiger partial charge in [-0.15, -0.1) is 0 Å². The molecule has 0 bridgehead atoms. The normalized spacial score (nSPS) is 11.4. The number of esters is 2. The zero-order valence-electron chi connectivity index (χ0n) is 12.6. The van der Waals surface area contributed by atoms with Crippen LogP contribution in [0.1, 0.15) is 33.6 Å². The minimum Gasteiger partial charge on any atom is -0.467 e. The number of rotatable bonds is 7. The molecule has 0 aliphatic rings. The van der Waals surface area contributed by atoms with Gasteiger partial charge in [0.05, 0.1) is 19.8 Å². The van der Waals surface area contributed by atoms with E-state index in [1.54, 1.807) is 12.1 Å². The molecule has 120 valence electrons. The van der Waals surface area contributed by atoms with Gasteiger partial charge in [0.1, 0.15) is 6.04 Å². The number of ether oxygens (including phenoxy) is 2. The average molecular weight is 308 g/mol. The summed E-state index contributed by atoms with van der Waals surface area (Å²) in [7, 11) is 2.51. The first kappa shape index (κ1) is 17.6. The largest absolute Gasteiger partial charge is 0.467 e. The van der Waals surface area contributed by atoms with Gasteiger partial charge in [0.2, 0.25) is 0 Å². The molecule has 7 nitrogen and oxygen atoms in total. The number of methoxy groups -OCH3 is 2. The maximum atomic E-state index is 12.2. The third kappa shape index (κ3) is 4.85. The van der Waals surface area contributed by atoms with Crippen LogP contribution >= 0.6 is 0 Å². The van der Waals surface area contributed by atoms with Crippen molar-refractivity contribution in [3.63, 3.8) is 0 Å². The number of nitrogens with one attached hydrogen (secondary N) is 1. The second kappa shape index (κ2) is 8.78. The van der Waals surface area contributed by atoms with Gasteiger partial charge in [0.15, 0.2) is 0 Å². The van der Waals surface area contributed by atoms with E-state index in [-0.39, 0.29) is 11.1 Å². The number of hydrogen-bond donors (Lipinski definition) is 2. The Kier molecular flexibility index (Phi) is 7.04. The summed E-state index contributed by atoms with van der Waals surface area (Å²) < 4.78 is 9.26. The Morgan fingerprint density at radius 1 is 1.18 bits per heavy atom. The zero-order valence-corrected chi connectivity index (χ0v) is 12.6. The summed E-state index contributed by atoms with van der Waals surface area (Å²) in [6.45, 7) is 0.404. The Morgan fingerprint density at radius 2 is 1.86 bits per heavy atom. The summed E-state index contributed by atoms with van der Waals surface area (Å²) in [5.41, 5.74) is 5.92. The number of hydrogen-bond acceptors (Lipinski definition) is 6. The highest BCUT2D eigenvalue weighted by Crippen LogP contribution is 2.08. The summed E-state index contributed by atoms with van der Waals surface area (Å²) in [6.07, 6.45) is 0.952. The number of amides is 1. The van der Waals surface area contributed by atoms with E-state index in [2.05, 4.69) is 14.8 Å². The number of nitrogens with two attached hydrogens (primary N) is 1. The molecule has 3 N–H and O–H groups in total. The molecular formula is C15H20N2O5. The van der Waals surface area contributed by atoms with Gasteiger partial charge >= 0.3 is 11.9 Å². The maximum absolute atomic E-state index is 12.2. The molecule has 1 atom stereocenters. The number of carbonyl (C=O) groups is 3. The fourth-order valence-corrected chi connectivity index (χ4v) is 1.86.